The number of nitrogens with two attached hydrogens (primary N) is 1. The fraction of sp³-hybridized carbons (Fsp3) is 0.394. The molecule has 0 saturated heterocycles. The number of hydrogen-bond donors (Lipinski definition) is 3. The minimum Gasteiger partial charge on any atom is -0.444 e. The normalized spacial score (nSPS) is 12.7. The van der Waals surface area contributed by atoms with Crippen molar-refractivity contribution in [1.29, 1.82) is 0 Å². The third kappa shape index (κ3) is 9.33. The minimum absolute atomic E-state index is 0.0387. The van der Waals surface area contributed by atoms with Crippen LogP contribution in [0, 0.1) is 6.92 Å². The molecule has 0 fully saturated rings. The number of nitrogens with one attached hydrogen (secondary N) is 2. The molecule has 0 aromatic heterocycles. The molecule has 2 unspecified atom stereocenters. The van der Waals surface area contributed by atoms with Gasteiger partial charge < -0.3 is 26.0 Å². The van der Waals surface area contributed by atoms with Crippen LogP contribution in [0.2, 0.25) is 0 Å². The van der Waals surface area contributed by atoms with Gasteiger partial charge in [0.25, 0.3) is 5.91 Å². The van der Waals surface area contributed by atoms with E-state index in [1.54, 1.807) is 20.8 Å². The maximum atomic E-state index is 14.2. The molecule has 0 saturated carbocycles. The van der Waals surface area contributed by atoms with E-state index in [4.69, 9.17) is 10.5 Å². The molecule has 4 N–H and O–H groups in total. The predicted octanol–water partition coefficient (Wildman–Crippen LogP) is 5.62. The van der Waals surface area contributed by atoms with Crippen molar-refractivity contribution < 1.29 is 23.9 Å². The minimum atomic E-state index is -1.13. The van der Waals surface area contributed by atoms with Crippen molar-refractivity contribution in [3.8, 4) is 0 Å². The molecule has 3 rings (SSSR count). The number of aryl methyl sites for hydroxylation is 1. The number of rotatable bonds is 12. The molecule has 2 atom stereocenters. The average molecular weight is 575 g/mol. The van der Waals surface area contributed by atoms with E-state index < -0.39 is 41.5 Å². The lowest BCUT2D eigenvalue weighted by Gasteiger charge is -2.34. The van der Waals surface area contributed by atoms with Crippen LogP contribution in [-0.4, -0.2) is 46.9 Å². The van der Waals surface area contributed by atoms with Crippen molar-refractivity contribution >= 4 is 40.3 Å². The second kappa shape index (κ2) is 14.5. The lowest BCUT2D eigenvalue weighted by Crippen LogP contribution is -2.52. The van der Waals surface area contributed by atoms with Crippen LogP contribution >= 0.6 is 0 Å². The molecule has 0 aliphatic rings. The third-order valence-corrected chi connectivity index (χ3v) is 6.67. The number of nitrogens with zero attached hydrogens (tertiary/aromatic N) is 1. The van der Waals surface area contributed by atoms with Gasteiger partial charge in [-0.25, -0.2) is 4.79 Å². The lowest BCUT2D eigenvalue weighted by atomic mass is 9.99. The zero-order chi connectivity index (χ0) is 30.9. The van der Waals surface area contributed by atoms with Crippen molar-refractivity contribution in [3.05, 3.63) is 77.9 Å². The maximum Gasteiger partial charge on any atom is 0.408 e. The van der Waals surface area contributed by atoms with Crippen molar-refractivity contribution in [2.24, 2.45) is 5.73 Å². The van der Waals surface area contributed by atoms with E-state index in [-0.39, 0.29) is 19.4 Å². The van der Waals surface area contributed by atoms with Gasteiger partial charge >= 0.3 is 6.09 Å². The number of amides is 4. The zero-order valence-corrected chi connectivity index (χ0v) is 25.1. The number of alkyl carbamates (subject to hydrolysis) is 1. The Balaban J connectivity index is 2.01. The first-order valence-corrected chi connectivity index (χ1v) is 14.3. The van der Waals surface area contributed by atoms with E-state index in [0.717, 1.165) is 22.8 Å². The summed E-state index contributed by atoms with van der Waals surface area (Å²) in [7, 11) is 0. The Bertz CT molecular complexity index is 1400. The SMILES string of the molecule is CCCCN(C(=O)C(CCC(N)=O)NC(=O)OC(C)(C)C)C(C(=O)Nc1ccc2ccccc2c1)c1ccc(C)cc1. The Labute approximate surface area is 247 Å². The van der Waals surface area contributed by atoms with E-state index in [1.807, 2.05) is 80.6 Å². The van der Waals surface area contributed by atoms with Gasteiger partial charge in [-0.2, -0.15) is 0 Å². The van der Waals surface area contributed by atoms with Crippen LogP contribution in [0.4, 0.5) is 10.5 Å². The van der Waals surface area contributed by atoms with Gasteiger partial charge in [-0.1, -0.05) is 73.5 Å². The van der Waals surface area contributed by atoms with Gasteiger partial charge in [-0.3, -0.25) is 14.4 Å². The Morgan fingerprint density at radius 2 is 1.62 bits per heavy atom. The number of benzene rings is 3. The topological polar surface area (TPSA) is 131 Å². The van der Waals surface area contributed by atoms with Crippen molar-refractivity contribution in [1.82, 2.24) is 10.2 Å². The molecular formula is C33H42N4O5. The number of carbonyl (C=O) groups is 4. The number of anilines is 1. The van der Waals surface area contributed by atoms with E-state index in [2.05, 4.69) is 10.6 Å². The Morgan fingerprint density at radius 1 is 0.952 bits per heavy atom. The molecule has 0 aliphatic carbocycles. The Morgan fingerprint density at radius 3 is 2.24 bits per heavy atom. The quantitative estimate of drug-likeness (QED) is 0.259. The third-order valence-electron chi connectivity index (χ3n) is 6.67. The average Bonchev–Trinajstić information content (AvgIpc) is 2.92. The first kappa shape index (κ1) is 32.1. The fourth-order valence-corrected chi connectivity index (χ4v) is 4.59. The van der Waals surface area contributed by atoms with E-state index in [1.165, 1.54) is 4.90 Å². The van der Waals surface area contributed by atoms with E-state index in [9.17, 15) is 19.2 Å². The second-order valence-corrected chi connectivity index (χ2v) is 11.5. The summed E-state index contributed by atoms with van der Waals surface area (Å²) in [6.07, 6.45) is 0.414. The van der Waals surface area contributed by atoms with Gasteiger partial charge in [0.05, 0.1) is 0 Å². The highest BCUT2D eigenvalue weighted by atomic mass is 16.6. The van der Waals surface area contributed by atoms with Crippen LogP contribution in [0.3, 0.4) is 0 Å². The predicted molar refractivity (Wildman–Crippen MR) is 165 cm³/mol. The van der Waals surface area contributed by atoms with Gasteiger partial charge in [0.1, 0.15) is 17.7 Å². The first-order chi connectivity index (χ1) is 19.9. The first-order valence-electron chi connectivity index (χ1n) is 14.3. The van der Waals surface area contributed by atoms with Crippen LogP contribution in [0.5, 0.6) is 0 Å². The highest BCUT2D eigenvalue weighted by Crippen LogP contribution is 2.27. The molecule has 9 heteroatoms. The van der Waals surface area contributed by atoms with Gasteiger partial charge in [0, 0.05) is 18.7 Å². The summed E-state index contributed by atoms with van der Waals surface area (Å²) >= 11 is 0. The second-order valence-electron chi connectivity index (χ2n) is 11.5. The number of carbonyl (C=O) groups excluding carboxylic acids is 4. The molecule has 0 radical (unpaired) electrons. The molecule has 0 aliphatic heterocycles. The summed E-state index contributed by atoms with van der Waals surface area (Å²) in [6, 6.07) is 18.8. The molecule has 3 aromatic carbocycles. The number of ether oxygens (including phenoxy) is 1. The number of hydrogen-bond acceptors (Lipinski definition) is 5. The molecule has 0 spiro atoms. The molecular weight excluding hydrogens is 532 g/mol. The zero-order valence-electron chi connectivity index (χ0n) is 25.1. The maximum absolute atomic E-state index is 14.2. The number of fused-ring (bicyclic) bond motifs is 1. The van der Waals surface area contributed by atoms with Gasteiger partial charge in [0.2, 0.25) is 11.8 Å². The van der Waals surface area contributed by atoms with Gasteiger partial charge in [0.15, 0.2) is 0 Å². The molecule has 9 nitrogen and oxygen atoms in total. The number of primary amides is 1. The molecule has 4 amide bonds. The Hall–Kier alpha value is -4.40. The summed E-state index contributed by atoms with van der Waals surface area (Å²) < 4.78 is 5.39. The van der Waals surface area contributed by atoms with Crippen LogP contribution in [0.1, 0.15) is 70.5 Å². The summed E-state index contributed by atoms with van der Waals surface area (Å²) in [5.41, 5.74) is 6.82. The monoisotopic (exact) mass is 574 g/mol. The highest BCUT2D eigenvalue weighted by molar-refractivity contribution is 6.00. The van der Waals surface area contributed by atoms with Crippen LogP contribution in [0.15, 0.2) is 66.7 Å². The molecule has 42 heavy (non-hydrogen) atoms. The largest absolute Gasteiger partial charge is 0.444 e. The molecule has 224 valence electrons. The smallest absolute Gasteiger partial charge is 0.408 e. The van der Waals surface area contributed by atoms with E-state index in [0.29, 0.717) is 17.7 Å². The molecule has 0 bridgehead atoms. The fourth-order valence-electron chi connectivity index (χ4n) is 4.59. The van der Waals surface area contributed by atoms with Gasteiger partial charge in [-0.15, -0.1) is 0 Å². The van der Waals surface area contributed by atoms with Crippen molar-refractivity contribution in [2.45, 2.75) is 78.0 Å². The summed E-state index contributed by atoms with van der Waals surface area (Å²) in [6.45, 7) is 9.32. The van der Waals surface area contributed by atoms with Crippen LogP contribution < -0.4 is 16.4 Å². The lowest BCUT2D eigenvalue weighted by molar-refractivity contribution is -0.141. The standard InChI is InChI=1S/C33H42N4O5/c1-6-7-20-37(31(40)27(18-19-28(34)38)36-32(41)42-33(3,4)5)29(24-14-12-22(2)13-15-24)30(39)35-26-17-16-23-10-8-9-11-25(23)21-26/h8-17,21,27,29H,6-7,18-20H2,1-5H3,(H2,34,38)(H,35,39)(H,36,41). The summed E-state index contributed by atoms with van der Waals surface area (Å²) in [5, 5.41) is 7.62. The summed E-state index contributed by atoms with van der Waals surface area (Å²) in [5.74, 6) is -1.51. The Kier molecular flexibility index (Phi) is 11.1. The molecule has 3 aromatic rings. The van der Waals surface area contributed by atoms with Crippen molar-refractivity contribution in [3.63, 3.8) is 0 Å². The van der Waals surface area contributed by atoms with Crippen molar-refractivity contribution in [2.75, 3.05) is 11.9 Å². The van der Waals surface area contributed by atoms with Crippen LogP contribution in [-0.2, 0) is 19.1 Å². The van der Waals surface area contributed by atoms with Crippen LogP contribution in [0.25, 0.3) is 10.8 Å². The molecule has 0 heterocycles. The summed E-state index contributed by atoms with van der Waals surface area (Å²) in [4.78, 5) is 54.1. The highest BCUT2D eigenvalue weighted by Gasteiger charge is 2.36. The number of unbranched alkanes of at least 4 members (excludes halogenated alkanes) is 1. The van der Waals surface area contributed by atoms with Gasteiger partial charge in [-0.05, 0) is 69.0 Å². The van der Waals surface area contributed by atoms with E-state index >= 15 is 0 Å².